The monoisotopic (exact) mass is 290 g/mol. The van der Waals surface area contributed by atoms with E-state index in [1.807, 2.05) is 36.9 Å². The predicted octanol–water partition coefficient (Wildman–Crippen LogP) is 2.93. The van der Waals surface area contributed by atoms with E-state index >= 15 is 0 Å². The van der Waals surface area contributed by atoms with Gasteiger partial charge in [0.15, 0.2) is 0 Å². The third-order valence-electron chi connectivity index (χ3n) is 3.98. The molecule has 0 aliphatic carbocycles. The molecule has 4 heteroatoms. The van der Waals surface area contributed by atoms with Crippen LogP contribution in [0.1, 0.15) is 35.7 Å². The van der Waals surface area contributed by atoms with Crippen LogP contribution < -0.4 is 5.32 Å². The highest BCUT2D eigenvalue weighted by Gasteiger charge is 2.25. The van der Waals surface area contributed by atoms with Crippen LogP contribution in [0.5, 0.6) is 0 Å². The number of ether oxygens (including phenoxy) is 1. The largest absolute Gasteiger partial charge is 0.385 e. The summed E-state index contributed by atoms with van der Waals surface area (Å²) >= 11 is 0. The van der Waals surface area contributed by atoms with Crippen LogP contribution in [-0.2, 0) is 4.74 Å². The first-order chi connectivity index (χ1) is 10.2. The SMILES string of the molecule is CCNc1ccc(C)cc1C(=O)N1CCCC(COC)C1. The number of nitrogens with one attached hydrogen (secondary N) is 1. The predicted molar refractivity (Wildman–Crippen MR) is 85.8 cm³/mol. The van der Waals surface area contributed by atoms with E-state index in [1.54, 1.807) is 7.11 Å². The van der Waals surface area contributed by atoms with Crippen molar-refractivity contribution in [1.82, 2.24) is 4.90 Å². The van der Waals surface area contributed by atoms with Crippen LogP contribution >= 0.6 is 0 Å². The molecule has 0 spiro atoms. The first kappa shape index (κ1) is 15.8. The quantitative estimate of drug-likeness (QED) is 0.906. The Morgan fingerprint density at radius 3 is 3.00 bits per heavy atom. The van der Waals surface area contributed by atoms with Crippen molar-refractivity contribution < 1.29 is 9.53 Å². The highest BCUT2D eigenvalue weighted by Crippen LogP contribution is 2.23. The first-order valence-electron chi connectivity index (χ1n) is 7.78. The van der Waals surface area contributed by atoms with Crippen molar-refractivity contribution in [3.8, 4) is 0 Å². The third kappa shape index (κ3) is 3.97. The Morgan fingerprint density at radius 2 is 2.29 bits per heavy atom. The van der Waals surface area contributed by atoms with Gasteiger partial charge in [-0.15, -0.1) is 0 Å². The maximum atomic E-state index is 12.8. The van der Waals surface area contributed by atoms with E-state index in [2.05, 4.69) is 5.32 Å². The van der Waals surface area contributed by atoms with Crippen molar-refractivity contribution in [1.29, 1.82) is 0 Å². The molecule has 1 unspecified atom stereocenters. The van der Waals surface area contributed by atoms with Gasteiger partial charge in [0.25, 0.3) is 5.91 Å². The van der Waals surface area contributed by atoms with Crippen molar-refractivity contribution >= 4 is 11.6 Å². The molecule has 4 nitrogen and oxygen atoms in total. The molecule has 1 amide bonds. The molecule has 116 valence electrons. The number of nitrogens with zero attached hydrogens (tertiary/aromatic N) is 1. The van der Waals surface area contributed by atoms with Crippen LogP contribution in [0.4, 0.5) is 5.69 Å². The average molecular weight is 290 g/mol. The molecule has 0 saturated carbocycles. The molecule has 1 fully saturated rings. The van der Waals surface area contributed by atoms with Gasteiger partial charge in [-0.05, 0) is 44.7 Å². The van der Waals surface area contributed by atoms with Gasteiger partial charge in [0.1, 0.15) is 0 Å². The molecule has 1 atom stereocenters. The number of aryl methyl sites for hydroxylation is 1. The van der Waals surface area contributed by atoms with Crippen LogP contribution in [0.2, 0.25) is 0 Å². The highest BCUT2D eigenvalue weighted by molar-refractivity contribution is 5.99. The number of carbonyl (C=O) groups excluding carboxylic acids is 1. The fourth-order valence-corrected chi connectivity index (χ4v) is 2.97. The van der Waals surface area contributed by atoms with Crippen LogP contribution in [0.15, 0.2) is 18.2 Å². The fourth-order valence-electron chi connectivity index (χ4n) is 2.97. The maximum Gasteiger partial charge on any atom is 0.255 e. The topological polar surface area (TPSA) is 41.6 Å². The van der Waals surface area contributed by atoms with E-state index in [4.69, 9.17) is 4.74 Å². The van der Waals surface area contributed by atoms with E-state index < -0.39 is 0 Å². The van der Waals surface area contributed by atoms with E-state index in [1.165, 1.54) is 0 Å². The summed E-state index contributed by atoms with van der Waals surface area (Å²) in [5, 5.41) is 3.29. The molecule has 1 aromatic rings. The van der Waals surface area contributed by atoms with E-state index in [0.717, 1.165) is 55.9 Å². The Hall–Kier alpha value is -1.55. The molecule has 0 bridgehead atoms. The lowest BCUT2D eigenvalue weighted by molar-refractivity contribution is 0.0571. The molecule has 1 saturated heterocycles. The minimum Gasteiger partial charge on any atom is -0.385 e. The lowest BCUT2D eigenvalue weighted by atomic mass is 9.97. The van der Waals surface area contributed by atoms with Crippen LogP contribution in [-0.4, -0.2) is 44.2 Å². The molecule has 1 N–H and O–H groups in total. The molecular weight excluding hydrogens is 264 g/mol. The van der Waals surface area contributed by atoms with Crippen molar-refractivity contribution in [2.75, 3.05) is 38.7 Å². The number of anilines is 1. The number of methoxy groups -OCH3 is 1. The Morgan fingerprint density at radius 1 is 1.48 bits per heavy atom. The van der Waals surface area contributed by atoms with Crippen LogP contribution in [0, 0.1) is 12.8 Å². The summed E-state index contributed by atoms with van der Waals surface area (Å²) in [4.78, 5) is 14.8. The minimum absolute atomic E-state index is 0.135. The van der Waals surface area contributed by atoms with Gasteiger partial charge in [0.2, 0.25) is 0 Å². The number of piperidine rings is 1. The number of rotatable bonds is 5. The molecule has 1 aromatic carbocycles. The Labute approximate surface area is 127 Å². The zero-order valence-electron chi connectivity index (χ0n) is 13.3. The second-order valence-electron chi connectivity index (χ2n) is 5.79. The van der Waals surface area contributed by atoms with Gasteiger partial charge in [-0.25, -0.2) is 0 Å². The van der Waals surface area contributed by atoms with Crippen molar-refractivity contribution in [3.63, 3.8) is 0 Å². The zero-order chi connectivity index (χ0) is 15.2. The number of carbonyl (C=O) groups is 1. The maximum absolute atomic E-state index is 12.8. The summed E-state index contributed by atoms with van der Waals surface area (Å²) in [7, 11) is 1.73. The number of benzene rings is 1. The minimum atomic E-state index is 0.135. The summed E-state index contributed by atoms with van der Waals surface area (Å²) in [5.41, 5.74) is 2.84. The number of hydrogen-bond acceptors (Lipinski definition) is 3. The van der Waals surface area contributed by atoms with Crippen molar-refractivity contribution in [2.45, 2.75) is 26.7 Å². The number of amides is 1. The van der Waals surface area contributed by atoms with Gasteiger partial charge >= 0.3 is 0 Å². The van der Waals surface area contributed by atoms with E-state index in [0.29, 0.717) is 5.92 Å². The van der Waals surface area contributed by atoms with Gasteiger partial charge in [-0.2, -0.15) is 0 Å². The molecule has 1 aliphatic rings. The Kier molecular flexibility index (Phi) is 5.62. The van der Waals surface area contributed by atoms with E-state index in [9.17, 15) is 4.79 Å². The number of likely N-dealkylation sites (tertiary alicyclic amines) is 1. The molecule has 1 heterocycles. The van der Waals surface area contributed by atoms with Gasteiger partial charge < -0.3 is 15.0 Å². The van der Waals surface area contributed by atoms with Crippen molar-refractivity contribution in [3.05, 3.63) is 29.3 Å². The van der Waals surface area contributed by atoms with Gasteiger partial charge in [-0.3, -0.25) is 4.79 Å². The third-order valence-corrected chi connectivity index (χ3v) is 3.98. The molecule has 0 radical (unpaired) electrons. The lowest BCUT2D eigenvalue weighted by Gasteiger charge is -2.33. The summed E-state index contributed by atoms with van der Waals surface area (Å²) < 4.78 is 5.25. The molecular formula is C17H26N2O2. The zero-order valence-corrected chi connectivity index (χ0v) is 13.3. The first-order valence-corrected chi connectivity index (χ1v) is 7.78. The molecule has 21 heavy (non-hydrogen) atoms. The normalized spacial score (nSPS) is 18.6. The molecule has 2 rings (SSSR count). The highest BCUT2D eigenvalue weighted by atomic mass is 16.5. The van der Waals surface area contributed by atoms with Crippen LogP contribution in [0.3, 0.4) is 0 Å². The second kappa shape index (κ2) is 7.46. The lowest BCUT2D eigenvalue weighted by Crippen LogP contribution is -2.41. The Balaban J connectivity index is 2.16. The summed E-state index contributed by atoms with van der Waals surface area (Å²) in [6.07, 6.45) is 2.20. The fraction of sp³-hybridized carbons (Fsp3) is 0.588. The van der Waals surface area contributed by atoms with Gasteiger partial charge in [-0.1, -0.05) is 11.6 Å². The second-order valence-corrected chi connectivity index (χ2v) is 5.79. The summed E-state index contributed by atoms with van der Waals surface area (Å²) in [5.74, 6) is 0.593. The standard InChI is InChI=1S/C17H26N2O2/c1-4-18-16-8-7-13(2)10-15(16)17(20)19-9-5-6-14(11-19)12-21-3/h7-8,10,14,18H,4-6,9,11-12H2,1-3H3. The summed E-state index contributed by atoms with van der Waals surface area (Å²) in [6, 6.07) is 6.03. The van der Waals surface area contributed by atoms with E-state index in [-0.39, 0.29) is 5.91 Å². The average Bonchev–Trinajstić information content (AvgIpc) is 2.49. The Bertz CT molecular complexity index is 486. The van der Waals surface area contributed by atoms with Crippen molar-refractivity contribution in [2.24, 2.45) is 5.92 Å². The summed E-state index contributed by atoms with van der Waals surface area (Å²) in [6.45, 7) is 7.26. The van der Waals surface area contributed by atoms with Crippen LogP contribution in [0.25, 0.3) is 0 Å². The molecule has 1 aliphatic heterocycles. The van der Waals surface area contributed by atoms with Gasteiger partial charge in [0, 0.05) is 32.4 Å². The smallest absolute Gasteiger partial charge is 0.255 e. The molecule has 0 aromatic heterocycles. The number of hydrogen-bond donors (Lipinski definition) is 1. The van der Waals surface area contributed by atoms with Gasteiger partial charge in [0.05, 0.1) is 12.2 Å².